The Hall–Kier alpha value is -1.53. The number of hydrogen-bond donors (Lipinski definition) is 1. The molecule has 0 bridgehead atoms. The Morgan fingerprint density at radius 1 is 1.32 bits per heavy atom. The molecule has 0 amide bonds. The number of aryl methyl sites for hydroxylation is 1. The molecule has 0 atom stereocenters. The molecule has 0 aromatic carbocycles. The van der Waals surface area contributed by atoms with E-state index >= 15 is 0 Å². The predicted octanol–water partition coefficient (Wildman–Crippen LogP) is 3.08. The van der Waals surface area contributed by atoms with Crippen LogP contribution in [0.1, 0.15) is 32.4 Å². The summed E-state index contributed by atoms with van der Waals surface area (Å²) in [4.78, 5) is 7.95. The number of anilines is 1. The first kappa shape index (κ1) is 13.9. The van der Waals surface area contributed by atoms with E-state index in [9.17, 15) is 13.2 Å². The van der Waals surface area contributed by atoms with Crippen LogP contribution in [0.25, 0.3) is 0 Å². The third-order valence-electron chi connectivity index (χ3n) is 2.83. The lowest BCUT2D eigenvalue weighted by molar-refractivity contribution is -0.151. The molecule has 1 aliphatic rings. The normalized spacial score (nSPS) is 17.4. The number of ether oxygens (including phenoxy) is 1. The maximum Gasteiger partial charge on any atom is 0.411 e. The van der Waals surface area contributed by atoms with E-state index in [0.717, 1.165) is 0 Å². The van der Waals surface area contributed by atoms with Crippen LogP contribution in [-0.4, -0.2) is 27.8 Å². The van der Waals surface area contributed by atoms with Gasteiger partial charge in [0.2, 0.25) is 11.8 Å². The van der Waals surface area contributed by atoms with Crippen LogP contribution in [0, 0.1) is 6.92 Å². The molecule has 7 heteroatoms. The second-order valence-corrected chi connectivity index (χ2v) is 5.04. The van der Waals surface area contributed by atoms with Gasteiger partial charge in [-0.3, -0.25) is 0 Å². The van der Waals surface area contributed by atoms with E-state index in [1.54, 1.807) is 13.0 Å². The number of aromatic nitrogens is 2. The quantitative estimate of drug-likeness (QED) is 0.917. The van der Waals surface area contributed by atoms with E-state index in [4.69, 9.17) is 4.74 Å². The highest BCUT2D eigenvalue weighted by atomic mass is 19.4. The highest BCUT2D eigenvalue weighted by Gasteiger charge is 2.64. The van der Waals surface area contributed by atoms with Gasteiger partial charge in [-0.25, -0.2) is 4.98 Å². The minimum Gasteiger partial charge on any atom is -0.475 e. The molecule has 0 aliphatic heterocycles. The summed E-state index contributed by atoms with van der Waals surface area (Å²) in [6.07, 6.45) is -4.29. The molecule has 1 fully saturated rings. The van der Waals surface area contributed by atoms with Crippen molar-refractivity contribution in [3.63, 3.8) is 0 Å². The molecule has 4 nitrogen and oxygen atoms in total. The van der Waals surface area contributed by atoms with Gasteiger partial charge in [-0.05, 0) is 33.6 Å². The van der Waals surface area contributed by atoms with E-state index in [2.05, 4.69) is 15.3 Å². The first-order valence-electron chi connectivity index (χ1n) is 6.09. The predicted molar refractivity (Wildman–Crippen MR) is 64.2 cm³/mol. The summed E-state index contributed by atoms with van der Waals surface area (Å²) < 4.78 is 43.9. The minimum absolute atomic E-state index is 0.0366. The number of nitrogens with one attached hydrogen (secondary N) is 1. The van der Waals surface area contributed by atoms with E-state index in [0.29, 0.717) is 5.69 Å². The maximum absolute atomic E-state index is 12.8. The summed E-state index contributed by atoms with van der Waals surface area (Å²) in [6, 6.07) is 1.60. The van der Waals surface area contributed by atoms with E-state index in [-0.39, 0.29) is 30.8 Å². The molecule has 0 radical (unpaired) electrons. The van der Waals surface area contributed by atoms with Crippen molar-refractivity contribution < 1.29 is 17.9 Å². The van der Waals surface area contributed by atoms with Crippen molar-refractivity contribution in [1.82, 2.24) is 9.97 Å². The average molecular weight is 275 g/mol. The van der Waals surface area contributed by atoms with Crippen LogP contribution in [0.3, 0.4) is 0 Å². The molecule has 1 aromatic rings. The van der Waals surface area contributed by atoms with Crippen molar-refractivity contribution >= 4 is 5.95 Å². The molecule has 1 N–H and O–H groups in total. The van der Waals surface area contributed by atoms with Crippen molar-refractivity contribution in [3.05, 3.63) is 11.8 Å². The zero-order valence-corrected chi connectivity index (χ0v) is 11.0. The molecule has 19 heavy (non-hydrogen) atoms. The van der Waals surface area contributed by atoms with Gasteiger partial charge in [0, 0.05) is 11.8 Å². The van der Waals surface area contributed by atoms with Crippen LogP contribution in [0.4, 0.5) is 19.1 Å². The Labute approximate surface area is 109 Å². The van der Waals surface area contributed by atoms with Gasteiger partial charge in [0.1, 0.15) is 5.54 Å². The Morgan fingerprint density at radius 3 is 2.42 bits per heavy atom. The lowest BCUT2D eigenvalue weighted by Gasteiger charge is -2.21. The number of alkyl halides is 3. The second-order valence-electron chi connectivity index (χ2n) is 5.04. The molecule has 1 saturated carbocycles. The zero-order valence-electron chi connectivity index (χ0n) is 11.0. The Morgan fingerprint density at radius 2 is 1.95 bits per heavy atom. The third-order valence-corrected chi connectivity index (χ3v) is 2.83. The Bertz CT molecular complexity index is 470. The van der Waals surface area contributed by atoms with Crippen LogP contribution in [0.15, 0.2) is 6.07 Å². The van der Waals surface area contributed by atoms with Crippen molar-refractivity contribution in [1.29, 1.82) is 0 Å². The minimum atomic E-state index is -4.29. The van der Waals surface area contributed by atoms with Crippen LogP contribution < -0.4 is 10.1 Å². The summed E-state index contributed by atoms with van der Waals surface area (Å²) in [7, 11) is 0. The summed E-state index contributed by atoms with van der Waals surface area (Å²) in [5.41, 5.74) is -1.30. The number of hydrogen-bond acceptors (Lipinski definition) is 4. The lowest BCUT2D eigenvalue weighted by Crippen LogP contribution is -2.39. The SMILES string of the molecule is Cc1cc(OC(C)C)nc(NC2(C(F)(F)F)CC2)n1. The van der Waals surface area contributed by atoms with Crippen molar-refractivity contribution in [2.45, 2.75) is 51.4 Å². The molecule has 0 saturated heterocycles. The molecule has 106 valence electrons. The summed E-state index contributed by atoms with van der Waals surface area (Å²) in [5.74, 6) is 0.244. The van der Waals surface area contributed by atoms with E-state index < -0.39 is 11.7 Å². The summed E-state index contributed by atoms with van der Waals surface area (Å²) >= 11 is 0. The van der Waals surface area contributed by atoms with Gasteiger partial charge in [0.05, 0.1) is 6.10 Å². The molecular formula is C12H16F3N3O. The average Bonchev–Trinajstić information content (AvgIpc) is 2.95. The van der Waals surface area contributed by atoms with Gasteiger partial charge in [0.25, 0.3) is 0 Å². The van der Waals surface area contributed by atoms with E-state index in [1.807, 2.05) is 13.8 Å². The van der Waals surface area contributed by atoms with Crippen molar-refractivity contribution in [3.8, 4) is 5.88 Å². The van der Waals surface area contributed by atoms with Gasteiger partial charge in [-0.2, -0.15) is 18.2 Å². The molecule has 2 rings (SSSR count). The van der Waals surface area contributed by atoms with E-state index in [1.165, 1.54) is 0 Å². The smallest absolute Gasteiger partial charge is 0.411 e. The molecule has 1 aliphatic carbocycles. The number of nitrogens with zero attached hydrogens (tertiary/aromatic N) is 2. The van der Waals surface area contributed by atoms with Gasteiger partial charge in [-0.1, -0.05) is 0 Å². The first-order chi connectivity index (χ1) is 8.72. The molecule has 1 aromatic heterocycles. The fraction of sp³-hybridized carbons (Fsp3) is 0.667. The Kier molecular flexibility index (Phi) is 3.32. The monoisotopic (exact) mass is 275 g/mol. The molecule has 0 unspecified atom stereocenters. The third kappa shape index (κ3) is 3.08. The van der Waals surface area contributed by atoms with Crippen LogP contribution in [0.5, 0.6) is 5.88 Å². The second kappa shape index (κ2) is 4.54. The highest BCUT2D eigenvalue weighted by Crippen LogP contribution is 2.50. The van der Waals surface area contributed by atoms with Crippen LogP contribution in [-0.2, 0) is 0 Å². The molecule has 0 spiro atoms. The van der Waals surface area contributed by atoms with Crippen molar-refractivity contribution in [2.75, 3.05) is 5.32 Å². The fourth-order valence-electron chi connectivity index (χ4n) is 1.72. The zero-order chi connectivity index (χ0) is 14.3. The fourth-order valence-corrected chi connectivity index (χ4v) is 1.72. The summed E-state index contributed by atoms with van der Waals surface area (Å²) in [6.45, 7) is 5.33. The summed E-state index contributed by atoms with van der Waals surface area (Å²) in [5, 5.41) is 2.40. The maximum atomic E-state index is 12.8. The topological polar surface area (TPSA) is 47.0 Å². The first-order valence-corrected chi connectivity index (χ1v) is 6.09. The van der Waals surface area contributed by atoms with Gasteiger partial charge >= 0.3 is 6.18 Å². The highest BCUT2D eigenvalue weighted by molar-refractivity contribution is 5.38. The van der Waals surface area contributed by atoms with Gasteiger partial charge in [0.15, 0.2) is 0 Å². The number of rotatable bonds is 4. The van der Waals surface area contributed by atoms with Crippen LogP contribution in [0.2, 0.25) is 0 Å². The molecular weight excluding hydrogens is 259 g/mol. The number of halogens is 3. The largest absolute Gasteiger partial charge is 0.475 e. The van der Waals surface area contributed by atoms with Gasteiger partial charge in [-0.15, -0.1) is 0 Å². The molecule has 1 heterocycles. The Balaban J connectivity index is 2.19. The van der Waals surface area contributed by atoms with Gasteiger partial charge < -0.3 is 10.1 Å². The van der Waals surface area contributed by atoms with Crippen LogP contribution >= 0.6 is 0 Å². The van der Waals surface area contributed by atoms with Crippen molar-refractivity contribution in [2.24, 2.45) is 0 Å². The lowest BCUT2D eigenvalue weighted by atomic mass is 10.2. The standard InChI is InChI=1S/C12H16F3N3O/c1-7(2)19-9-6-8(3)16-10(17-9)18-11(4-5-11)12(13,14)15/h6-7H,4-5H2,1-3H3,(H,16,17,18).